The summed E-state index contributed by atoms with van der Waals surface area (Å²) >= 11 is 0. The van der Waals surface area contributed by atoms with Crippen LogP contribution in [0.2, 0.25) is 6.82 Å². The fourth-order valence-corrected chi connectivity index (χ4v) is 1.98. The number of hydrogen-bond acceptors (Lipinski definition) is 6. The lowest BCUT2D eigenvalue weighted by Gasteiger charge is -2.31. The predicted molar refractivity (Wildman–Crippen MR) is 71.3 cm³/mol. The van der Waals surface area contributed by atoms with Crippen molar-refractivity contribution < 1.29 is 19.3 Å². The lowest BCUT2D eigenvalue weighted by molar-refractivity contribution is -0.142. The van der Waals surface area contributed by atoms with E-state index in [0.717, 1.165) is 0 Å². The van der Waals surface area contributed by atoms with Gasteiger partial charge in [-0.05, 0) is 25.9 Å². The van der Waals surface area contributed by atoms with Gasteiger partial charge in [0.1, 0.15) is 6.61 Å². The Kier molecular flexibility index (Phi) is 4.26. The Hall–Kier alpha value is -1.76. The maximum atomic E-state index is 11.4. The molecule has 19 heavy (non-hydrogen) atoms. The van der Waals surface area contributed by atoms with Gasteiger partial charge in [-0.2, -0.15) is 0 Å². The van der Waals surface area contributed by atoms with Gasteiger partial charge < -0.3 is 19.3 Å². The Morgan fingerprint density at radius 1 is 1.63 bits per heavy atom. The Bertz CT molecular complexity index is 467. The number of carbonyl (C=O) groups excluding carboxylic acids is 1. The smallest absolute Gasteiger partial charge is 0.410 e. The van der Waals surface area contributed by atoms with Crippen molar-refractivity contribution in [1.82, 2.24) is 4.98 Å². The van der Waals surface area contributed by atoms with Crippen LogP contribution in [0.1, 0.15) is 12.6 Å². The molecule has 0 aliphatic carbocycles. The highest BCUT2D eigenvalue weighted by molar-refractivity contribution is 6.53. The van der Waals surface area contributed by atoms with Gasteiger partial charge >= 0.3 is 13.0 Å². The average molecular weight is 264 g/mol. The molecule has 0 radical (unpaired) electrons. The van der Waals surface area contributed by atoms with Crippen LogP contribution < -0.4 is 9.55 Å². The van der Waals surface area contributed by atoms with E-state index in [1.807, 2.05) is 0 Å². The molecule has 1 aromatic heterocycles. The van der Waals surface area contributed by atoms with E-state index in [-0.39, 0.29) is 12.4 Å². The Balaban J connectivity index is 2.21. The molecule has 1 N–H and O–H groups in total. The zero-order chi connectivity index (χ0) is 13.8. The van der Waals surface area contributed by atoms with Crippen LogP contribution in [-0.4, -0.2) is 42.8 Å². The third kappa shape index (κ3) is 3.17. The molecule has 0 bridgehead atoms. The number of hydrogen-bond donors (Lipinski definition) is 1. The number of fused-ring (bicyclic) bond motifs is 1. The summed E-state index contributed by atoms with van der Waals surface area (Å²) < 4.78 is 10.4. The summed E-state index contributed by atoms with van der Waals surface area (Å²) in [5.74, 6) is 0.887. The van der Waals surface area contributed by atoms with Gasteiger partial charge in [0.25, 0.3) is 0 Å². The van der Waals surface area contributed by atoms with Gasteiger partial charge in [-0.25, -0.2) is 4.98 Å². The molecule has 0 spiro atoms. The molecule has 1 aromatic rings. The number of rotatable bonds is 4. The molecule has 0 amide bonds. The van der Waals surface area contributed by atoms with Crippen molar-refractivity contribution >= 4 is 18.8 Å². The number of carbonyl (C=O) groups is 1. The number of anilines is 1. The SMILES string of the molecule is CCOC(=O)Cc1ccc2c(n1)N(B(C)O)CCO2. The second-order valence-electron chi connectivity index (χ2n) is 4.28. The van der Waals surface area contributed by atoms with Crippen molar-refractivity contribution in [3.05, 3.63) is 17.8 Å². The third-order valence-electron chi connectivity index (χ3n) is 2.84. The quantitative estimate of drug-likeness (QED) is 0.630. The molecule has 7 heteroatoms. The first-order valence-corrected chi connectivity index (χ1v) is 6.35. The minimum absolute atomic E-state index is 0.120. The van der Waals surface area contributed by atoms with Gasteiger partial charge in [0.15, 0.2) is 11.6 Å². The molecule has 102 valence electrons. The third-order valence-corrected chi connectivity index (χ3v) is 2.84. The highest BCUT2D eigenvalue weighted by atomic mass is 16.5. The highest BCUT2D eigenvalue weighted by Crippen LogP contribution is 2.30. The largest absolute Gasteiger partial charge is 0.488 e. The fraction of sp³-hybridized carbons (Fsp3) is 0.500. The van der Waals surface area contributed by atoms with Crippen LogP contribution in [0.5, 0.6) is 5.75 Å². The lowest BCUT2D eigenvalue weighted by atomic mass is 9.84. The fourth-order valence-electron chi connectivity index (χ4n) is 1.98. The molecule has 0 saturated heterocycles. The van der Waals surface area contributed by atoms with Crippen LogP contribution in [0.15, 0.2) is 12.1 Å². The van der Waals surface area contributed by atoms with E-state index in [9.17, 15) is 9.82 Å². The second kappa shape index (κ2) is 5.92. The minimum atomic E-state index is -0.645. The molecular formula is C12H17BN2O4. The highest BCUT2D eigenvalue weighted by Gasteiger charge is 2.26. The number of nitrogens with zero attached hydrogens (tertiary/aromatic N) is 2. The molecule has 0 atom stereocenters. The van der Waals surface area contributed by atoms with Crippen LogP contribution in [0.4, 0.5) is 5.82 Å². The normalized spacial score (nSPS) is 13.5. The summed E-state index contributed by atoms with van der Waals surface area (Å²) in [6.07, 6.45) is 0.120. The zero-order valence-electron chi connectivity index (χ0n) is 11.1. The van der Waals surface area contributed by atoms with E-state index in [1.165, 1.54) is 0 Å². The van der Waals surface area contributed by atoms with E-state index in [2.05, 4.69) is 4.98 Å². The topological polar surface area (TPSA) is 71.9 Å². The van der Waals surface area contributed by atoms with Gasteiger partial charge in [-0.3, -0.25) is 4.79 Å². The van der Waals surface area contributed by atoms with Crippen LogP contribution in [0, 0.1) is 0 Å². The number of ether oxygens (including phenoxy) is 2. The van der Waals surface area contributed by atoms with E-state index in [1.54, 1.807) is 30.7 Å². The summed E-state index contributed by atoms with van der Waals surface area (Å²) in [4.78, 5) is 17.6. The lowest BCUT2D eigenvalue weighted by Crippen LogP contribution is -2.43. The van der Waals surface area contributed by atoms with E-state index in [4.69, 9.17) is 9.47 Å². The van der Waals surface area contributed by atoms with Gasteiger partial charge in [-0.1, -0.05) is 0 Å². The van der Waals surface area contributed by atoms with Crippen molar-refractivity contribution in [2.75, 3.05) is 24.6 Å². The van der Waals surface area contributed by atoms with Crippen molar-refractivity contribution in [3.8, 4) is 5.75 Å². The van der Waals surface area contributed by atoms with Crippen molar-refractivity contribution in [3.63, 3.8) is 0 Å². The maximum absolute atomic E-state index is 11.4. The summed E-state index contributed by atoms with van der Waals surface area (Å²) in [7, 11) is -0.645. The van der Waals surface area contributed by atoms with Crippen LogP contribution >= 0.6 is 0 Å². The van der Waals surface area contributed by atoms with E-state index in [0.29, 0.717) is 37.0 Å². The standard InChI is InChI=1S/C12H17BN2O4/c1-3-18-11(16)8-9-4-5-10-12(14-9)15(13(2)17)6-7-19-10/h4-5,17H,3,6-8H2,1-2H3. The van der Waals surface area contributed by atoms with Crippen molar-refractivity contribution in [1.29, 1.82) is 0 Å². The molecule has 2 rings (SSSR count). The minimum Gasteiger partial charge on any atom is -0.488 e. The molecule has 1 aliphatic rings. The maximum Gasteiger partial charge on any atom is 0.410 e. The molecular weight excluding hydrogens is 247 g/mol. The van der Waals surface area contributed by atoms with E-state index >= 15 is 0 Å². The summed E-state index contributed by atoms with van der Waals surface area (Å²) in [5, 5.41) is 9.72. The van der Waals surface area contributed by atoms with Crippen LogP contribution in [-0.2, 0) is 16.0 Å². The predicted octanol–water partition coefficient (Wildman–Crippen LogP) is 0.496. The van der Waals surface area contributed by atoms with Crippen molar-refractivity contribution in [2.45, 2.75) is 20.2 Å². The first kappa shape index (κ1) is 13.7. The molecule has 0 fully saturated rings. The molecule has 2 heterocycles. The number of aromatic nitrogens is 1. The first-order chi connectivity index (χ1) is 9.11. The summed E-state index contributed by atoms with van der Waals surface area (Å²) in [5.41, 5.74) is 0.605. The molecule has 0 saturated carbocycles. The Labute approximate surface area is 112 Å². The number of pyridine rings is 1. The Morgan fingerprint density at radius 3 is 3.11 bits per heavy atom. The van der Waals surface area contributed by atoms with E-state index < -0.39 is 7.05 Å². The zero-order valence-corrected chi connectivity index (χ0v) is 11.1. The van der Waals surface area contributed by atoms with Crippen LogP contribution in [0.25, 0.3) is 0 Å². The second-order valence-corrected chi connectivity index (χ2v) is 4.28. The first-order valence-electron chi connectivity index (χ1n) is 6.35. The molecule has 6 nitrogen and oxygen atoms in total. The van der Waals surface area contributed by atoms with Crippen LogP contribution in [0.3, 0.4) is 0 Å². The summed E-state index contributed by atoms with van der Waals surface area (Å²) in [6, 6.07) is 3.51. The molecule has 1 aliphatic heterocycles. The molecule has 0 unspecified atom stereocenters. The van der Waals surface area contributed by atoms with Gasteiger partial charge in [0, 0.05) is 6.54 Å². The average Bonchev–Trinajstić information content (AvgIpc) is 2.38. The van der Waals surface area contributed by atoms with Gasteiger partial charge in [0.2, 0.25) is 0 Å². The van der Waals surface area contributed by atoms with Crippen molar-refractivity contribution in [2.24, 2.45) is 0 Å². The van der Waals surface area contributed by atoms with Gasteiger partial charge in [0.05, 0.1) is 18.7 Å². The Morgan fingerprint density at radius 2 is 2.42 bits per heavy atom. The molecule has 0 aromatic carbocycles. The summed E-state index contributed by atoms with van der Waals surface area (Å²) in [6.45, 7) is 4.88. The monoisotopic (exact) mass is 264 g/mol. The van der Waals surface area contributed by atoms with Gasteiger partial charge in [-0.15, -0.1) is 0 Å². The number of esters is 1.